The van der Waals surface area contributed by atoms with E-state index >= 15 is 0 Å². The minimum Gasteiger partial charge on any atom is -0.493 e. The molecule has 0 fully saturated rings. The van der Waals surface area contributed by atoms with Crippen molar-refractivity contribution in [3.63, 3.8) is 0 Å². The minimum absolute atomic E-state index is 0.0549. The van der Waals surface area contributed by atoms with E-state index in [1.54, 1.807) is 12.1 Å². The molecule has 2 aromatic rings. The van der Waals surface area contributed by atoms with Crippen molar-refractivity contribution in [1.82, 2.24) is 4.98 Å². The van der Waals surface area contributed by atoms with Gasteiger partial charge in [-0.3, -0.25) is 0 Å². The van der Waals surface area contributed by atoms with Gasteiger partial charge in [0.15, 0.2) is 0 Å². The van der Waals surface area contributed by atoms with Crippen molar-refractivity contribution < 1.29 is 9.50 Å². The number of halogens is 1. The number of aromatic nitrogens is 1. The van der Waals surface area contributed by atoms with Crippen molar-refractivity contribution in [2.75, 3.05) is 0 Å². The number of azo groups is 1. The highest BCUT2D eigenvalue weighted by Crippen LogP contribution is 2.22. The second kappa shape index (κ2) is 4.80. The molecule has 0 bridgehead atoms. The van der Waals surface area contributed by atoms with Crippen molar-refractivity contribution in [3.8, 4) is 5.88 Å². The maximum Gasteiger partial charge on any atom is 0.232 e. The second-order valence-electron chi connectivity index (χ2n) is 3.01. The van der Waals surface area contributed by atoms with Crippen molar-refractivity contribution in [1.29, 1.82) is 0 Å². The van der Waals surface area contributed by atoms with Crippen LogP contribution in [0.3, 0.4) is 0 Å². The lowest BCUT2D eigenvalue weighted by Crippen LogP contribution is -1.80. The quantitative estimate of drug-likeness (QED) is 0.833. The van der Waals surface area contributed by atoms with E-state index in [1.807, 2.05) is 0 Å². The van der Waals surface area contributed by atoms with Gasteiger partial charge in [0.25, 0.3) is 0 Å². The first kappa shape index (κ1) is 10.7. The molecule has 0 aliphatic heterocycles. The fourth-order valence-electron chi connectivity index (χ4n) is 1.07. The standard InChI is InChI=1S/C10H8FN3OS/c11-8-3-1-7(2-4-8)5-12-14-10-13-9(15)6-16-10/h1-4,6,15H,5H2. The molecule has 1 N–H and O–H groups in total. The summed E-state index contributed by atoms with van der Waals surface area (Å²) in [6.45, 7) is 0.362. The van der Waals surface area contributed by atoms with Crippen LogP contribution in [0.25, 0.3) is 0 Å². The van der Waals surface area contributed by atoms with Gasteiger partial charge < -0.3 is 5.11 Å². The van der Waals surface area contributed by atoms with Gasteiger partial charge in [-0.05, 0) is 17.7 Å². The first-order chi connectivity index (χ1) is 7.74. The molecule has 0 atom stereocenters. The maximum absolute atomic E-state index is 12.6. The Morgan fingerprint density at radius 1 is 1.31 bits per heavy atom. The van der Waals surface area contributed by atoms with E-state index in [0.29, 0.717) is 11.7 Å². The molecule has 6 heteroatoms. The predicted molar refractivity (Wildman–Crippen MR) is 58.4 cm³/mol. The lowest BCUT2D eigenvalue weighted by atomic mass is 10.2. The molecule has 4 nitrogen and oxygen atoms in total. The maximum atomic E-state index is 12.6. The Labute approximate surface area is 95.1 Å². The summed E-state index contributed by atoms with van der Waals surface area (Å²) < 4.78 is 12.6. The molecule has 0 unspecified atom stereocenters. The summed E-state index contributed by atoms with van der Waals surface area (Å²) in [4.78, 5) is 3.71. The fraction of sp³-hybridized carbons (Fsp3) is 0.100. The van der Waals surface area contributed by atoms with E-state index in [2.05, 4.69) is 15.2 Å². The third kappa shape index (κ3) is 2.83. The summed E-state index contributed by atoms with van der Waals surface area (Å²) in [5, 5.41) is 18.6. The predicted octanol–water partition coefficient (Wildman–Crippen LogP) is 3.27. The van der Waals surface area contributed by atoms with Gasteiger partial charge in [0, 0.05) is 0 Å². The molecule has 0 saturated carbocycles. The summed E-state index contributed by atoms with van der Waals surface area (Å²) in [7, 11) is 0. The zero-order valence-corrected chi connectivity index (χ0v) is 8.99. The molecule has 0 amide bonds. The molecule has 82 valence electrons. The van der Waals surface area contributed by atoms with E-state index < -0.39 is 0 Å². The van der Waals surface area contributed by atoms with E-state index in [0.717, 1.165) is 5.56 Å². The summed E-state index contributed by atoms with van der Waals surface area (Å²) >= 11 is 1.21. The van der Waals surface area contributed by atoms with Gasteiger partial charge in [-0.25, -0.2) is 4.39 Å². The van der Waals surface area contributed by atoms with Gasteiger partial charge in [0.05, 0.1) is 11.9 Å². The minimum atomic E-state index is -0.273. The Kier molecular flexibility index (Phi) is 3.21. The van der Waals surface area contributed by atoms with Gasteiger partial charge >= 0.3 is 0 Å². The number of aromatic hydroxyl groups is 1. The van der Waals surface area contributed by atoms with Crippen molar-refractivity contribution in [3.05, 3.63) is 41.0 Å². The third-order valence-electron chi connectivity index (χ3n) is 1.80. The Morgan fingerprint density at radius 3 is 2.69 bits per heavy atom. The monoisotopic (exact) mass is 237 g/mol. The highest BCUT2D eigenvalue weighted by molar-refractivity contribution is 7.13. The van der Waals surface area contributed by atoms with E-state index in [9.17, 15) is 4.39 Å². The third-order valence-corrected chi connectivity index (χ3v) is 2.52. The van der Waals surface area contributed by atoms with Gasteiger partial charge in [0.1, 0.15) is 5.82 Å². The van der Waals surface area contributed by atoms with Gasteiger partial charge in [-0.2, -0.15) is 10.1 Å². The Balaban J connectivity index is 1.97. The summed E-state index contributed by atoms with van der Waals surface area (Å²) in [6.07, 6.45) is 0. The van der Waals surface area contributed by atoms with Gasteiger partial charge in [-0.1, -0.05) is 23.5 Å². The second-order valence-corrected chi connectivity index (χ2v) is 3.85. The van der Waals surface area contributed by atoms with Crippen LogP contribution in [0.4, 0.5) is 9.52 Å². The average molecular weight is 237 g/mol. The topological polar surface area (TPSA) is 57.8 Å². The molecular formula is C10H8FN3OS. The summed E-state index contributed by atoms with van der Waals surface area (Å²) in [6, 6.07) is 6.04. The van der Waals surface area contributed by atoms with Crippen LogP contribution in [0.5, 0.6) is 5.88 Å². The van der Waals surface area contributed by atoms with Crippen molar-refractivity contribution in [2.24, 2.45) is 10.2 Å². The van der Waals surface area contributed by atoms with Gasteiger partial charge in [0.2, 0.25) is 11.0 Å². The van der Waals surface area contributed by atoms with Crippen LogP contribution < -0.4 is 0 Å². The van der Waals surface area contributed by atoms with Crippen LogP contribution in [-0.2, 0) is 6.54 Å². The van der Waals surface area contributed by atoms with Gasteiger partial charge in [-0.15, -0.1) is 5.11 Å². The van der Waals surface area contributed by atoms with Crippen LogP contribution in [-0.4, -0.2) is 10.1 Å². The molecule has 1 heterocycles. The van der Waals surface area contributed by atoms with Crippen molar-refractivity contribution in [2.45, 2.75) is 6.54 Å². The molecule has 0 radical (unpaired) electrons. The number of hydrogen-bond acceptors (Lipinski definition) is 5. The van der Waals surface area contributed by atoms with Crippen molar-refractivity contribution >= 4 is 16.5 Å². The van der Waals surface area contributed by atoms with Crippen LogP contribution in [0.15, 0.2) is 39.9 Å². The fourth-order valence-corrected chi connectivity index (χ4v) is 1.58. The molecule has 0 saturated heterocycles. The Morgan fingerprint density at radius 2 is 2.06 bits per heavy atom. The van der Waals surface area contributed by atoms with E-state index in [4.69, 9.17) is 5.11 Å². The molecule has 0 aliphatic rings. The van der Waals surface area contributed by atoms with Crippen LogP contribution in [0.1, 0.15) is 5.56 Å². The first-order valence-electron chi connectivity index (χ1n) is 4.50. The zero-order chi connectivity index (χ0) is 11.4. The lowest BCUT2D eigenvalue weighted by molar-refractivity contribution is 0.457. The normalized spacial score (nSPS) is 11.1. The smallest absolute Gasteiger partial charge is 0.232 e. The number of benzene rings is 1. The van der Waals surface area contributed by atoms with E-state index in [1.165, 1.54) is 28.8 Å². The molecule has 1 aromatic heterocycles. The molecular weight excluding hydrogens is 229 g/mol. The summed E-state index contributed by atoms with van der Waals surface area (Å²) in [5.41, 5.74) is 0.867. The zero-order valence-electron chi connectivity index (χ0n) is 8.17. The molecule has 2 rings (SSSR count). The number of rotatable bonds is 3. The van der Waals surface area contributed by atoms with Crippen LogP contribution in [0.2, 0.25) is 0 Å². The highest BCUT2D eigenvalue weighted by atomic mass is 32.1. The number of hydrogen-bond donors (Lipinski definition) is 1. The highest BCUT2D eigenvalue weighted by Gasteiger charge is 1.97. The Hall–Kier alpha value is -1.82. The first-order valence-corrected chi connectivity index (χ1v) is 5.38. The molecule has 0 aliphatic carbocycles. The van der Waals surface area contributed by atoms with Crippen LogP contribution >= 0.6 is 11.3 Å². The number of thiazole rings is 1. The van der Waals surface area contributed by atoms with Crippen LogP contribution in [0, 0.1) is 5.82 Å². The van der Waals surface area contributed by atoms with E-state index in [-0.39, 0.29) is 11.7 Å². The SMILES string of the molecule is Oc1csc(N=NCc2ccc(F)cc2)n1. The lowest BCUT2D eigenvalue weighted by Gasteiger charge is -1.93. The largest absolute Gasteiger partial charge is 0.493 e. The number of nitrogens with zero attached hydrogens (tertiary/aromatic N) is 3. The molecule has 1 aromatic carbocycles. The Bertz CT molecular complexity index is 495. The molecule has 16 heavy (non-hydrogen) atoms. The average Bonchev–Trinajstić information content (AvgIpc) is 2.67. The summed E-state index contributed by atoms with van der Waals surface area (Å²) in [5.74, 6) is -0.328. The molecule has 0 spiro atoms.